The van der Waals surface area contributed by atoms with E-state index in [2.05, 4.69) is 15.5 Å². The molecule has 0 saturated carbocycles. The lowest BCUT2D eigenvalue weighted by Crippen LogP contribution is -2.13. The van der Waals surface area contributed by atoms with Crippen molar-refractivity contribution in [2.24, 2.45) is 10.2 Å². The van der Waals surface area contributed by atoms with E-state index in [1.165, 1.54) is 12.1 Å². The molecule has 0 fully saturated rings. The molecule has 12 heteroatoms. The van der Waals surface area contributed by atoms with Gasteiger partial charge in [0.05, 0.1) is 22.9 Å². The summed E-state index contributed by atoms with van der Waals surface area (Å²) in [6, 6.07) is 15.6. The van der Waals surface area contributed by atoms with Crippen LogP contribution in [0.4, 0.5) is 17.1 Å². The van der Waals surface area contributed by atoms with Gasteiger partial charge in [-0.1, -0.05) is 54.4 Å². The van der Waals surface area contributed by atoms with Crippen LogP contribution in [-0.4, -0.2) is 30.6 Å². The molecule has 0 aromatic heterocycles. The Bertz CT molecular complexity index is 1720. The molecule has 202 valence electrons. The van der Waals surface area contributed by atoms with Crippen LogP contribution in [0.25, 0.3) is 10.8 Å². The van der Waals surface area contributed by atoms with E-state index in [9.17, 15) is 22.9 Å². The Labute approximate surface area is 234 Å². The Morgan fingerprint density at radius 3 is 2.36 bits per heavy atom. The van der Waals surface area contributed by atoms with Crippen molar-refractivity contribution in [2.45, 2.75) is 25.2 Å². The van der Waals surface area contributed by atoms with Gasteiger partial charge in [-0.25, -0.2) is 0 Å². The predicted molar refractivity (Wildman–Crippen MR) is 151 cm³/mol. The van der Waals surface area contributed by atoms with Gasteiger partial charge >= 0.3 is 0 Å². The van der Waals surface area contributed by atoms with Gasteiger partial charge in [0.25, 0.3) is 16.0 Å². The molecule has 39 heavy (non-hydrogen) atoms. The maximum absolute atomic E-state index is 13.3. The highest BCUT2D eigenvalue weighted by molar-refractivity contribution is 7.86. The van der Waals surface area contributed by atoms with Gasteiger partial charge in [0.15, 0.2) is 5.75 Å². The largest absolute Gasteiger partial charge is 0.505 e. The first-order chi connectivity index (χ1) is 18.5. The summed E-state index contributed by atoms with van der Waals surface area (Å²) < 4.78 is 39.3. The summed E-state index contributed by atoms with van der Waals surface area (Å²) in [6.45, 7) is 3.97. The zero-order valence-corrected chi connectivity index (χ0v) is 23.1. The van der Waals surface area contributed by atoms with Crippen LogP contribution < -0.4 is 10.1 Å². The number of benzene rings is 4. The van der Waals surface area contributed by atoms with Gasteiger partial charge in [-0.15, -0.1) is 10.2 Å². The van der Waals surface area contributed by atoms with Crippen molar-refractivity contribution in [3.8, 4) is 11.5 Å². The molecule has 4 rings (SSSR count). The van der Waals surface area contributed by atoms with Crippen molar-refractivity contribution in [1.82, 2.24) is 0 Å². The number of hydrogen-bond acceptors (Lipinski definition) is 7. The highest BCUT2D eigenvalue weighted by Gasteiger charge is 2.22. The first-order valence-electron chi connectivity index (χ1n) is 11.7. The van der Waals surface area contributed by atoms with Crippen LogP contribution in [0.2, 0.25) is 10.0 Å². The summed E-state index contributed by atoms with van der Waals surface area (Å²) in [6.07, 6.45) is 0.285. The van der Waals surface area contributed by atoms with Gasteiger partial charge in [-0.3, -0.25) is 9.35 Å². The third-order valence-corrected chi connectivity index (χ3v) is 7.38. The fourth-order valence-electron chi connectivity index (χ4n) is 3.98. The second kappa shape index (κ2) is 11.6. The monoisotopic (exact) mass is 587 g/mol. The fourth-order valence-corrected chi connectivity index (χ4v) is 5.08. The molecule has 0 bridgehead atoms. The Hall–Kier alpha value is -3.70. The predicted octanol–water partition coefficient (Wildman–Crippen LogP) is 7.73. The number of halogens is 2. The fraction of sp³-hybridized carbons (Fsp3) is 0.148. The molecule has 4 aromatic rings. The summed E-state index contributed by atoms with van der Waals surface area (Å²) in [5, 5.41) is 23.6. The minimum absolute atomic E-state index is 0.0873. The van der Waals surface area contributed by atoms with E-state index in [1.807, 2.05) is 6.92 Å². The van der Waals surface area contributed by atoms with Gasteiger partial charge in [0, 0.05) is 16.5 Å². The summed E-state index contributed by atoms with van der Waals surface area (Å²) in [7, 11) is -4.67. The van der Waals surface area contributed by atoms with Gasteiger partial charge < -0.3 is 15.2 Å². The molecule has 4 aromatic carbocycles. The smallest absolute Gasteiger partial charge is 0.296 e. The molecule has 0 heterocycles. The van der Waals surface area contributed by atoms with Crippen molar-refractivity contribution < 1.29 is 27.6 Å². The van der Waals surface area contributed by atoms with Gasteiger partial charge in [0.1, 0.15) is 22.0 Å². The van der Waals surface area contributed by atoms with Crippen molar-refractivity contribution in [3.05, 3.63) is 81.8 Å². The summed E-state index contributed by atoms with van der Waals surface area (Å²) in [5.74, 6) is -0.682. The Balaban J connectivity index is 1.85. The van der Waals surface area contributed by atoms with Crippen LogP contribution in [0.5, 0.6) is 11.5 Å². The van der Waals surface area contributed by atoms with E-state index in [-0.39, 0.29) is 39.1 Å². The lowest BCUT2D eigenvalue weighted by molar-refractivity contribution is 0.102. The molecule has 0 spiro atoms. The number of phenolic OH excluding ortho intramolecular Hbond substituents is 1. The summed E-state index contributed by atoms with van der Waals surface area (Å²) in [4.78, 5) is 12.8. The van der Waals surface area contributed by atoms with E-state index >= 15 is 0 Å². The van der Waals surface area contributed by atoms with Crippen LogP contribution >= 0.6 is 23.2 Å². The first-order valence-corrected chi connectivity index (χ1v) is 13.9. The van der Waals surface area contributed by atoms with Crippen LogP contribution in [0.1, 0.15) is 29.8 Å². The molecule has 0 saturated heterocycles. The van der Waals surface area contributed by atoms with Crippen LogP contribution in [-0.2, 0) is 16.5 Å². The number of ether oxygens (including phenoxy) is 1. The Morgan fingerprint density at radius 2 is 1.67 bits per heavy atom. The molecule has 0 radical (unpaired) electrons. The molecule has 0 atom stereocenters. The minimum Gasteiger partial charge on any atom is -0.505 e. The number of carbonyl (C=O) groups is 1. The number of azo groups is 1. The van der Waals surface area contributed by atoms with E-state index in [4.69, 9.17) is 27.9 Å². The topological polar surface area (TPSA) is 138 Å². The molecule has 0 unspecified atom stereocenters. The number of anilines is 1. The number of rotatable bonds is 8. The number of nitrogens with one attached hydrogen (secondary N) is 1. The number of phenols is 1. The molecular weight excluding hydrogens is 565 g/mol. The van der Waals surface area contributed by atoms with Gasteiger partial charge in [-0.2, -0.15) is 8.42 Å². The lowest BCUT2D eigenvalue weighted by Gasteiger charge is -2.13. The highest BCUT2D eigenvalue weighted by atomic mass is 35.5. The third kappa shape index (κ3) is 5.99. The second-order valence-electron chi connectivity index (χ2n) is 8.27. The maximum atomic E-state index is 13.3. The molecule has 0 aliphatic carbocycles. The van der Waals surface area contributed by atoms with E-state index in [0.717, 1.165) is 6.07 Å². The van der Waals surface area contributed by atoms with Crippen molar-refractivity contribution in [1.29, 1.82) is 0 Å². The highest BCUT2D eigenvalue weighted by Crippen LogP contribution is 2.42. The number of hydrogen-bond donors (Lipinski definition) is 3. The number of fused-ring (bicyclic) bond motifs is 1. The van der Waals surface area contributed by atoms with E-state index in [1.54, 1.807) is 49.4 Å². The van der Waals surface area contributed by atoms with Gasteiger partial charge in [-0.05, 0) is 54.6 Å². The van der Waals surface area contributed by atoms with Gasteiger partial charge in [0.2, 0.25) is 0 Å². The number of carbonyl (C=O) groups excluding carboxylic acids is 1. The van der Waals surface area contributed by atoms with Crippen LogP contribution in [0, 0.1) is 0 Å². The number of amides is 1. The lowest BCUT2D eigenvalue weighted by atomic mass is 10.0. The SMILES string of the molecule is CCOc1ccc(Cl)c(NC(=O)c2cc3ccccc3c(N=Nc3c(S(=O)(=O)O)ccc(Cl)c3CC)c2O)c1. The molecule has 9 nitrogen and oxygen atoms in total. The molecular formula is C27H23Cl2N3O6S. The maximum Gasteiger partial charge on any atom is 0.296 e. The molecule has 1 amide bonds. The van der Waals surface area contributed by atoms with Crippen molar-refractivity contribution >= 4 is 67.1 Å². The Morgan fingerprint density at radius 1 is 0.974 bits per heavy atom. The quantitative estimate of drug-likeness (QED) is 0.142. The van der Waals surface area contributed by atoms with Crippen LogP contribution in [0.3, 0.4) is 0 Å². The summed E-state index contributed by atoms with van der Waals surface area (Å²) in [5.41, 5.74) is 0.211. The molecule has 0 aliphatic heterocycles. The standard InChI is InChI=1S/C27H23Cl2N3O6S/c1-3-17-20(28)11-12-23(39(35,36)37)24(17)31-32-25-18-8-6-5-7-15(18)13-19(26(25)33)27(34)30-22-14-16(38-4-2)9-10-21(22)29/h5-14,33H,3-4H2,1-2H3,(H,30,34)(H,35,36,37). The third-order valence-electron chi connectivity index (χ3n) is 5.81. The summed E-state index contributed by atoms with van der Waals surface area (Å²) >= 11 is 12.5. The zero-order valence-electron chi connectivity index (χ0n) is 20.8. The van der Waals surface area contributed by atoms with Crippen molar-refractivity contribution in [3.63, 3.8) is 0 Å². The van der Waals surface area contributed by atoms with E-state index < -0.39 is 26.7 Å². The van der Waals surface area contributed by atoms with E-state index in [0.29, 0.717) is 28.7 Å². The average Bonchev–Trinajstić information content (AvgIpc) is 2.89. The first kappa shape index (κ1) is 28.3. The normalized spacial score (nSPS) is 11.7. The second-order valence-corrected chi connectivity index (χ2v) is 10.5. The average molecular weight is 588 g/mol. The molecule has 3 N–H and O–H groups in total. The number of nitrogens with zero attached hydrogens (tertiary/aromatic N) is 2. The minimum atomic E-state index is -4.67. The Kier molecular flexibility index (Phi) is 8.41. The van der Waals surface area contributed by atoms with Crippen LogP contribution in [0.15, 0.2) is 75.8 Å². The van der Waals surface area contributed by atoms with Crippen molar-refractivity contribution in [2.75, 3.05) is 11.9 Å². The zero-order chi connectivity index (χ0) is 28.3. The number of aromatic hydroxyl groups is 1. The molecule has 0 aliphatic rings.